The van der Waals surface area contributed by atoms with Crippen molar-refractivity contribution in [2.45, 2.75) is 25.8 Å². The maximum atomic E-state index is 11.9. The molecule has 0 aromatic carbocycles. The number of H-pyrrole nitrogens is 1. The lowest BCUT2D eigenvalue weighted by Crippen LogP contribution is -2.57. The number of carbonyl (C=O) groups is 1. The molecule has 1 amide bonds. The lowest BCUT2D eigenvalue weighted by Gasteiger charge is -2.44. The molecule has 3 fully saturated rings. The molecule has 17 heavy (non-hydrogen) atoms. The van der Waals surface area contributed by atoms with Crippen molar-refractivity contribution in [3.05, 3.63) is 11.6 Å². The normalized spacial score (nSPS) is 31.5. The second kappa shape index (κ2) is 4.10. The Hall–Kier alpha value is -1.43. The van der Waals surface area contributed by atoms with E-state index in [0.29, 0.717) is 11.7 Å². The number of rotatable bonds is 2. The van der Waals surface area contributed by atoms with Crippen LogP contribution in [0, 0.1) is 12.8 Å². The van der Waals surface area contributed by atoms with Gasteiger partial charge in [0.15, 0.2) is 0 Å². The molecule has 3 saturated heterocycles. The Balaban J connectivity index is 1.65. The van der Waals surface area contributed by atoms with E-state index in [-0.39, 0.29) is 17.8 Å². The van der Waals surface area contributed by atoms with Crippen LogP contribution in [0.15, 0.2) is 0 Å². The zero-order valence-electron chi connectivity index (χ0n) is 9.94. The van der Waals surface area contributed by atoms with Gasteiger partial charge in [0, 0.05) is 12.6 Å². The van der Waals surface area contributed by atoms with E-state index < -0.39 is 0 Å². The summed E-state index contributed by atoms with van der Waals surface area (Å²) in [5.74, 6) is 1.39. The fraction of sp³-hybridized carbons (Fsp3) is 0.727. The monoisotopic (exact) mass is 235 g/mol. The van der Waals surface area contributed by atoms with Crippen molar-refractivity contribution in [2.24, 2.45) is 5.92 Å². The summed E-state index contributed by atoms with van der Waals surface area (Å²) in [4.78, 5) is 18.4. The smallest absolute Gasteiger partial charge is 0.291 e. The summed E-state index contributed by atoms with van der Waals surface area (Å²) in [5.41, 5.74) is 0. The second-order valence-corrected chi connectivity index (χ2v) is 4.96. The Morgan fingerprint density at radius 2 is 2.24 bits per heavy atom. The summed E-state index contributed by atoms with van der Waals surface area (Å²) in [6.07, 6.45) is 2.38. The summed E-state index contributed by atoms with van der Waals surface area (Å²) in [5, 5.41) is 9.62. The van der Waals surface area contributed by atoms with Crippen molar-refractivity contribution in [3.8, 4) is 0 Å². The van der Waals surface area contributed by atoms with Crippen molar-refractivity contribution >= 4 is 5.91 Å². The SMILES string of the molecule is Cc1nc(C(=O)NC2CN3CCC2CC3)n[nH]1. The van der Waals surface area contributed by atoms with Gasteiger partial charge in [-0.15, -0.1) is 5.10 Å². The van der Waals surface area contributed by atoms with Crippen molar-refractivity contribution in [2.75, 3.05) is 19.6 Å². The van der Waals surface area contributed by atoms with E-state index in [1.54, 1.807) is 6.92 Å². The van der Waals surface area contributed by atoms with Gasteiger partial charge in [-0.05, 0) is 38.8 Å². The summed E-state index contributed by atoms with van der Waals surface area (Å²) >= 11 is 0. The van der Waals surface area contributed by atoms with E-state index in [0.717, 1.165) is 6.54 Å². The largest absolute Gasteiger partial charge is 0.345 e. The summed E-state index contributed by atoms with van der Waals surface area (Å²) < 4.78 is 0. The molecule has 0 aliphatic carbocycles. The highest BCUT2D eigenvalue weighted by molar-refractivity contribution is 5.90. The van der Waals surface area contributed by atoms with E-state index in [1.165, 1.54) is 25.9 Å². The van der Waals surface area contributed by atoms with Crippen molar-refractivity contribution in [1.29, 1.82) is 0 Å². The van der Waals surface area contributed by atoms with Gasteiger partial charge in [0.2, 0.25) is 5.82 Å². The minimum absolute atomic E-state index is 0.159. The fourth-order valence-corrected chi connectivity index (χ4v) is 2.81. The highest BCUT2D eigenvalue weighted by Crippen LogP contribution is 2.27. The van der Waals surface area contributed by atoms with Gasteiger partial charge in [-0.2, -0.15) is 0 Å². The number of piperidine rings is 3. The van der Waals surface area contributed by atoms with Crippen LogP contribution in [-0.2, 0) is 0 Å². The van der Waals surface area contributed by atoms with Crippen molar-refractivity contribution in [1.82, 2.24) is 25.4 Å². The number of amides is 1. The summed E-state index contributed by atoms with van der Waals surface area (Å²) in [6, 6.07) is 0.267. The number of hydrogen-bond acceptors (Lipinski definition) is 4. The van der Waals surface area contributed by atoms with Gasteiger partial charge in [-0.25, -0.2) is 4.98 Å². The third-order valence-corrected chi connectivity index (χ3v) is 3.77. The Labute approximate surface area is 99.8 Å². The standard InChI is InChI=1S/C11H17N5O/c1-7-12-10(15-14-7)11(17)13-9-6-16-4-2-8(9)3-5-16/h8-9H,2-6H2,1H3,(H,13,17)(H,12,14,15). The Morgan fingerprint density at radius 1 is 1.47 bits per heavy atom. The molecule has 2 N–H and O–H groups in total. The van der Waals surface area contributed by atoms with Gasteiger partial charge >= 0.3 is 0 Å². The molecular formula is C11H17N5O. The number of aryl methyl sites for hydroxylation is 1. The predicted molar refractivity (Wildman–Crippen MR) is 61.5 cm³/mol. The number of nitrogens with zero attached hydrogens (tertiary/aromatic N) is 3. The number of aromatic nitrogens is 3. The van der Waals surface area contributed by atoms with E-state index >= 15 is 0 Å². The molecule has 1 unspecified atom stereocenters. The van der Waals surface area contributed by atoms with Crippen LogP contribution in [0.4, 0.5) is 0 Å². The Bertz CT molecular complexity index is 421. The molecule has 0 radical (unpaired) electrons. The van der Waals surface area contributed by atoms with E-state index in [9.17, 15) is 4.79 Å². The van der Waals surface area contributed by atoms with Gasteiger partial charge < -0.3 is 10.2 Å². The summed E-state index contributed by atoms with van der Waals surface area (Å²) in [6.45, 7) is 5.12. The van der Waals surface area contributed by atoms with Gasteiger partial charge in [-0.3, -0.25) is 9.89 Å². The molecule has 4 rings (SSSR count). The van der Waals surface area contributed by atoms with Gasteiger partial charge in [-0.1, -0.05) is 0 Å². The lowest BCUT2D eigenvalue weighted by molar-refractivity contribution is 0.0615. The van der Waals surface area contributed by atoms with Crippen LogP contribution in [0.2, 0.25) is 0 Å². The van der Waals surface area contributed by atoms with Crippen LogP contribution in [0.1, 0.15) is 29.3 Å². The lowest BCUT2D eigenvalue weighted by atomic mass is 9.84. The molecule has 92 valence electrons. The highest BCUT2D eigenvalue weighted by atomic mass is 16.2. The zero-order chi connectivity index (χ0) is 11.8. The molecule has 4 heterocycles. The van der Waals surface area contributed by atoms with Crippen molar-refractivity contribution < 1.29 is 4.79 Å². The van der Waals surface area contributed by atoms with Crippen molar-refractivity contribution in [3.63, 3.8) is 0 Å². The first-order valence-corrected chi connectivity index (χ1v) is 6.14. The zero-order valence-corrected chi connectivity index (χ0v) is 9.94. The average Bonchev–Trinajstić information content (AvgIpc) is 2.77. The molecule has 0 saturated carbocycles. The molecule has 1 aromatic rings. The molecule has 0 spiro atoms. The topological polar surface area (TPSA) is 73.9 Å². The van der Waals surface area contributed by atoms with Crippen LogP contribution < -0.4 is 5.32 Å². The van der Waals surface area contributed by atoms with Crippen LogP contribution >= 0.6 is 0 Å². The minimum Gasteiger partial charge on any atom is -0.345 e. The average molecular weight is 235 g/mol. The van der Waals surface area contributed by atoms with Crippen LogP contribution in [0.3, 0.4) is 0 Å². The third kappa shape index (κ3) is 2.04. The van der Waals surface area contributed by atoms with Gasteiger partial charge in [0.05, 0.1) is 0 Å². The molecule has 6 heteroatoms. The number of fused-ring (bicyclic) bond motifs is 3. The molecule has 1 atom stereocenters. The molecule has 3 aliphatic heterocycles. The van der Waals surface area contributed by atoms with Gasteiger partial charge in [0.1, 0.15) is 5.82 Å². The highest BCUT2D eigenvalue weighted by Gasteiger charge is 2.35. The number of hydrogen-bond donors (Lipinski definition) is 2. The first-order chi connectivity index (χ1) is 8.22. The van der Waals surface area contributed by atoms with Crippen LogP contribution in [0.25, 0.3) is 0 Å². The number of aromatic amines is 1. The maximum absolute atomic E-state index is 11.9. The summed E-state index contributed by atoms with van der Waals surface area (Å²) in [7, 11) is 0. The Morgan fingerprint density at radius 3 is 2.76 bits per heavy atom. The first-order valence-electron chi connectivity index (χ1n) is 6.14. The molecule has 3 aliphatic rings. The maximum Gasteiger partial charge on any atom is 0.291 e. The quantitative estimate of drug-likeness (QED) is 0.753. The van der Waals surface area contributed by atoms with Crippen LogP contribution in [-0.4, -0.2) is 51.7 Å². The molecule has 1 aromatic heterocycles. The minimum atomic E-state index is -0.159. The van der Waals surface area contributed by atoms with E-state index in [2.05, 4.69) is 25.4 Å². The third-order valence-electron chi connectivity index (χ3n) is 3.77. The number of carbonyl (C=O) groups excluding carboxylic acids is 1. The first kappa shape index (κ1) is 10.7. The van der Waals surface area contributed by atoms with E-state index in [1.807, 2.05) is 0 Å². The molecular weight excluding hydrogens is 218 g/mol. The second-order valence-electron chi connectivity index (χ2n) is 4.96. The predicted octanol–water partition coefficient (Wildman–Crippen LogP) is -0.0629. The number of nitrogens with one attached hydrogen (secondary N) is 2. The molecule has 6 nitrogen and oxygen atoms in total. The van der Waals surface area contributed by atoms with Gasteiger partial charge in [0.25, 0.3) is 5.91 Å². The van der Waals surface area contributed by atoms with E-state index in [4.69, 9.17) is 0 Å². The molecule has 2 bridgehead atoms. The van der Waals surface area contributed by atoms with Crippen LogP contribution in [0.5, 0.6) is 0 Å². The Kier molecular flexibility index (Phi) is 2.58. The fourth-order valence-electron chi connectivity index (χ4n) is 2.81.